The molecule has 0 aliphatic heterocycles. The number of amides is 1. The van der Waals surface area contributed by atoms with Crippen molar-refractivity contribution in [3.05, 3.63) is 56.0 Å². The minimum Gasteiger partial charge on any atom is -0.343 e. The molecule has 0 fully saturated rings. The molecular formula is C16H19N3O3S. The van der Waals surface area contributed by atoms with Crippen LogP contribution in [0.1, 0.15) is 54.8 Å². The Morgan fingerprint density at radius 3 is 2.57 bits per heavy atom. The number of nitro benzene ring substituents is 1. The third-order valence-electron chi connectivity index (χ3n) is 3.35. The minimum absolute atomic E-state index is 0.0527. The van der Waals surface area contributed by atoms with Gasteiger partial charge in [-0.25, -0.2) is 4.98 Å². The highest BCUT2D eigenvalue weighted by molar-refractivity contribution is 7.09. The number of benzene rings is 1. The number of nitrogens with one attached hydrogen (secondary N) is 1. The number of aromatic nitrogens is 1. The number of carbonyl (C=O) groups is 1. The molecule has 0 aliphatic rings. The van der Waals surface area contributed by atoms with Crippen molar-refractivity contribution >= 4 is 22.9 Å². The fourth-order valence-corrected chi connectivity index (χ4v) is 3.04. The second-order valence-electron chi connectivity index (χ2n) is 6.29. The predicted molar refractivity (Wildman–Crippen MR) is 89.8 cm³/mol. The molecule has 1 aromatic heterocycles. The molecule has 2 rings (SSSR count). The average Bonchev–Trinajstić information content (AvgIpc) is 2.97. The van der Waals surface area contributed by atoms with Gasteiger partial charge in [0.2, 0.25) is 0 Å². The Balaban J connectivity index is 2.17. The van der Waals surface area contributed by atoms with Gasteiger partial charge in [0, 0.05) is 16.9 Å². The van der Waals surface area contributed by atoms with E-state index in [-0.39, 0.29) is 22.7 Å². The Kier molecular flexibility index (Phi) is 4.79. The van der Waals surface area contributed by atoms with Crippen LogP contribution in [0.25, 0.3) is 0 Å². The van der Waals surface area contributed by atoms with E-state index in [1.165, 1.54) is 29.5 Å². The second kappa shape index (κ2) is 6.45. The molecule has 1 atom stereocenters. The lowest BCUT2D eigenvalue weighted by molar-refractivity contribution is -0.385. The van der Waals surface area contributed by atoms with Crippen LogP contribution in [0.15, 0.2) is 29.6 Å². The van der Waals surface area contributed by atoms with Gasteiger partial charge in [-0.2, -0.15) is 0 Å². The molecule has 0 aliphatic carbocycles. The van der Waals surface area contributed by atoms with E-state index in [2.05, 4.69) is 31.1 Å². The molecule has 23 heavy (non-hydrogen) atoms. The van der Waals surface area contributed by atoms with Crippen molar-refractivity contribution in [2.45, 2.75) is 39.2 Å². The summed E-state index contributed by atoms with van der Waals surface area (Å²) in [4.78, 5) is 27.3. The number of rotatable bonds is 4. The molecule has 1 heterocycles. The van der Waals surface area contributed by atoms with Crippen molar-refractivity contribution in [2.75, 3.05) is 0 Å². The standard InChI is InChI=1S/C16H19N3O3S/c1-10(15-18-13(9-23-15)16(2,3)4)17-14(20)11-7-5-6-8-12(11)19(21)22/h5-10H,1-4H3,(H,17,20)/t10-/m0/s1. The average molecular weight is 333 g/mol. The Morgan fingerprint density at radius 2 is 2.00 bits per heavy atom. The lowest BCUT2D eigenvalue weighted by atomic mass is 9.93. The lowest BCUT2D eigenvalue weighted by Crippen LogP contribution is -2.27. The molecule has 0 saturated heterocycles. The first kappa shape index (κ1) is 17.1. The van der Waals surface area contributed by atoms with Gasteiger partial charge in [0.05, 0.1) is 16.7 Å². The van der Waals surface area contributed by atoms with Crippen LogP contribution in [0.2, 0.25) is 0 Å². The van der Waals surface area contributed by atoms with Gasteiger partial charge in [0.1, 0.15) is 10.6 Å². The Bertz CT molecular complexity index is 734. The van der Waals surface area contributed by atoms with E-state index < -0.39 is 10.8 Å². The molecule has 0 bridgehead atoms. The van der Waals surface area contributed by atoms with Crippen LogP contribution in [-0.4, -0.2) is 15.8 Å². The fraction of sp³-hybridized carbons (Fsp3) is 0.375. The topological polar surface area (TPSA) is 85.1 Å². The highest BCUT2D eigenvalue weighted by Gasteiger charge is 2.23. The third-order valence-corrected chi connectivity index (χ3v) is 4.38. The van der Waals surface area contributed by atoms with Crippen LogP contribution >= 0.6 is 11.3 Å². The van der Waals surface area contributed by atoms with Gasteiger partial charge in [0.25, 0.3) is 11.6 Å². The summed E-state index contributed by atoms with van der Waals surface area (Å²) in [6.45, 7) is 8.03. The van der Waals surface area contributed by atoms with Crippen molar-refractivity contribution < 1.29 is 9.72 Å². The largest absolute Gasteiger partial charge is 0.343 e. The molecule has 7 heteroatoms. The first-order valence-corrected chi connectivity index (χ1v) is 8.08. The molecule has 0 spiro atoms. The summed E-state index contributed by atoms with van der Waals surface area (Å²) in [5, 5.41) is 16.5. The number of thiazole rings is 1. The van der Waals surface area contributed by atoms with Crippen LogP contribution in [0.3, 0.4) is 0 Å². The van der Waals surface area contributed by atoms with E-state index in [0.29, 0.717) is 0 Å². The Labute approximate surface area is 138 Å². The highest BCUT2D eigenvalue weighted by atomic mass is 32.1. The lowest BCUT2D eigenvalue weighted by Gasteiger charge is -2.15. The quantitative estimate of drug-likeness (QED) is 0.680. The number of para-hydroxylation sites is 1. The van der Waals surface area contributed by atoms with Crippen molar-refractivity contribution in [2.24, 2.45) is 0 Å². The number of nitro groups is 1. The molecule has 122 valence electrons. The van der Waals surface area contributed by atoms with Crippen LogP contribution < -0.4 is 5.32 Å². The van der Waals surface area contributed by atoms with Crippen LogP contribution in [0, 0.1) is 10.1 Å². The predicted octanol–water partition coefficient (Wildman–Crippen LogP) is 3.84. The summed E-state index contributed by atoms with van der Waals surface area (Å²) in [5.41, 5.74) is 0.754. The van der Waals surface area contributed by atoms with Crippen LogP contribution in [-0.2, 0) is 5.41 Å². The smallest absolute Gasteiger partial charge is 0.282 e. The highest BCUT2D eigenvalue weighted by Crippen LogP contribution is 2.27. The van der Waals surface area contributed by atoms with Crippen molar-refractivity contribution in [1.29, 1.82) is 0 Å². The molecule has 0 unspecified atom stereocenters. The molecule has 2 aromatic rings. The zero-order valence-electron chi connectivity index (χ0n) is 13.5. The maximum Gasteiger partial charge on any atom is 0.282 e. The first-order chi connectivity index (χ1) is 10.7. The van der Waals surface area contributed by atoms with E-state index >= 15 is 0 Å². The molecule has 1 aromatic carbocycles. The summed E-state index contributed by atoms with van der Waals surface area (Å²) in [7, 11) is 0. The summed E-state index contributed by atoms with van der Waals surface area (Å²) in [5.74, 6) is -0.475. The minimum atomic E-state index is -0.555. The third kappa shape index (κ3) is 3.92. The van der Waals surface area contributed by atoms with Gasteiger partial charge in [-0.1, -0.05) is 32.9 Å². The Morgan fingerprint density at radius 1 is 1.35 bits per heavy atom. The first-order valence-electron chi connectivity index (χ1n) is 7.20. The molecule has 1 N–H and O–H groups in total. The number of carbonyl (C=O) groups excluding carboxylic acids is 1. The molecule has 1 amide bonds. The maximum absolute atomic E-state index is 12.3. The fourth-order valence-electron chi connectivity index (χ4n) is 1.99. The zero-order chi connectivity index (χ0) is 17.2. The van der Waals surface area contributed by atoms with Crippen molar-refractivity contribution in [3.63, 3.8) is 0 Å². The summed E-state index contributed by atoms with van der Waals surface area (Å²) in [6, 6.07) is 5.59. The summed E-state index contributed by atoms with van der Waals surface area (Å²) < 4.78 is 0. The van der Waals surface area contributed by atoms with E-state index in [1.54, 1.807) is 6.07 Å². The van der Waals surface area contributed by atoms with Crippen LogP contribution in [0.4, 0.5) is 5.69 Å². The van der Waals surface area contributed by atoms with Gasteiger partial charge in [0.15, 0.2) is 0 Å². The van der Waals surface area contributed by atoms with E-state index in [9.17, 15) is 14.9 Å². The Hall–Kier alpha value is -2.28. The monoisotopic (exact) mass is 333 g/mol. The molecular weight excluding hydrogens is 314 g/mol. The second-order valence-corrected chi connectivity index (χ2v) is 7.18. The summed E-state index contributed by atoms with van der Waals surface area (Å²) >= 11 is 1.47. The van der Waals surface area contributed by atoms with Gasteiger partial charge >= 0.3 is 0 Å². The normalized spacial score (nSPS) is 12.7. The van der Waals surface area contributed by atoms with Gasteiger partial charge in [-0.15, -0.1) is 11.3 Å². The summed E-state index contributed by atoms with van der Waals surface area (Å²) in [6.07, 6.45) is 0. The molecule has 6 nitrogen and oxygen atoms in total. The number of hydrogen-bond acceptors (Lipinski definition) is 5. The van der Waals surface area contributed by atoms with E-state index in [1.807, 2.05) is 12.3 Å². The van der Waals surface area contributed by atoms with Crippen LogP contribution in [0.5, 0.6) is 0 Å². The number of nitrogens with zero attached hydrogens (tertiary/aromatic N) is 2. The number of hydrogen-bond donors (Lipinski definition) is 1. The van der Waals surface area contributed by atoms with Crippen molar-refractivity contribution in [1.82, 2.24) is 10.3 Å². The molecule has 0 radical (unpaired) electrons. The molecule has 0 saturated carbocycles. The van der Waals surface area contributed by atoms with Gasteiger partial charge < -0.3 is 5.32 Å². The van der Waals surface area contributed by atoms with Gasteiger partial charge in [-0.05, 0) is 13.0 Å². The van der Waals surface area contributed by atoms with E-state index in [4.69, 9.17) is 0 Å². The zero-order valence-corrected chi connectivity index (χ0v) is 14.3. The van der Waals surface area contributed by atoms with Crippen molar-refractivity contribution in [3.8, 4) is 0 Å². The SMILES string of the molecule is C[C@H](NC(=O)c1ccccc1[N+](=O)[O-])c1nc(C(C)(C)C)cs1. The van der Waals surface area contributed by atoms with Gasteiger partial charge in [-0.3, -0.25) is 14.9 Å². The van der Waals surface area contributed by atoms with E-state index in [0.717, 1.165) is 10.7 Å². The maximum atomic E-state index is 12.3.